The number of nitrogens with zero attached hydrogens (tertiary/aromatic N) is 2. The van der Waals surface area contributed by atoms with E-state index in [0.29, 0.717) is 10.4 Å². The van der Waals surface area contributed by atoms with Gasteiger partial charge in [0.25, 0.3) is 0 Å². The van der Waals surface area contributed by atoms with Gasteiger partial charge < -0.3 is 14.6 Å². The Morgan fingerprint density at radius 3 is 2.61 bits per heavy atom. The van der Waals surface area contributed by atoms with E-state index in [1.807, 2.05) is 0 Å². The van der Waals surface area contributed by atoms with Crippen molar-refractivity contribution < 1.29 is 31.1 Å². The molecule has 0 fully saturated rings. The summed E-state index contributed by atoms with van der Waals surface area (Å²) in [4.78, 5) is 16.8. The molecule has 33 heavy (non-hydrogen) atoms. The first-order chi connectivity index (χ1) is 15.3. The molecule has 2 aromatic carbocycles. The van der Waals surface area contributed by atoms with Crippen LogP contribution in [0, 0.1) is 0 Å². The summed E-state index contributed by atoms with van der Waals surface area (Å²) < 4.78 is 71.5. The van der Waals surface area contributed by atoms with Gasteiger partial charge in [0.15, 0.2) is 9.84 Å². The van der Waals surface area contributed by atoms with E-state index in [1.165, 1.54) is 18.2 Å². The van der Waals surface area contributed by atoms with Crippen molar-refractivity contribution in [1.82, 2.24) is 14.3 Å². The topological polar surface area (TPSA) is 102 Å². The van der Waals surface area contributed by atoms with Gasteiger partial charge in [-0.1, -0.05) is 6.07 Å². The molecule has 0 atom stereocenters. The van der Waals surface area contributed by atoms with Crippen molar-refractivity contribution in [1.29, 1.82) is 0 Å². The second kappa shape index (κ2) is 9.51. The molecule has 0 saturated carbocycles. The van der Waals surface area contributed by atoms with Crippen molar-refractivity contribution in [3.05, 3.63) is 42.7 Å². The summed E-state index contributed by atoms with van der Waals surface area (Å²) in [5.41, 5.74) is 0.702. The quantitative estimate of drug-likeness (QED) is 0.457. The number of rotatable bonds is 7. The third-order valence-electron chi connectivity index (χ3n) is 4.19. The average molecular weight is 503 g/mol. The van der Waals surface area contributed by atoms with E-state index in [1.54, 1.807) is 32.0 Å². The summed E-state index contributed by atoms with van der Waals surface area (Å²) >= 11 is 0.802. The van der Waals surface area contributed by atoms with Crippen molar-refractivity contribution in [3.63, 3.8) is 0 Å². The number of carbonyl (C=O) groups excluding carboxylic acids is 1. The van der Waals surface area contributed by atoms with E-state index in [9.17, 15) is 26.4 Å². The Kier molecular flexibility index (Phi) is 7.12. The van der Waals surface area contributed by atoms with Crippen LogP contribution in [0.1, 0.15) is 13.8 Å². The van der Waals surface area contributed by atoms with Gasteiger partial charge in [-0.3, -0.25) is 4.72 Å². The van der Waals surface area contributed by atoms with Gasteiger partial charge in [0.1, 0.15) is 12.3 Å². The molecule has 0 saturated heterocycles. The fraction of sp³-hybridized carbons (Fsp3) is 0.300. The first kappa shape index (κ1) is 24.7. The molecule has 0 aliphatic carbocycles. The predicted octanol–water partition coefficient (Wildman–Crippen LogP) is 4.62. The number of fused-ring (bicyclic) bond motifs is 1. The number of alkyl halides is 3. The maximum absolute atomic E-state index is 12.9. The van der Waals surface area contributed by atoms with E-state index in [4.69, 9.17) is 4.74 Å². The molecule has 1 heterocycles. The molecule has 0 aliphatic rings. The SMILES string of the molecule is CC(C)Oc1ccc(S(C)(=O)=O)cc1NC(=O)NSc1cccc2ncn(CC(F)(F)F)c12. The number of ether oxygens (including phenoxy) is 1. The van der Waals surface area contributed by atoms with Crippen LogP contribution in [0.25, 0.3) is 11.0 Å². The molecule has 0 bridgehead atoms. The third-order valence-corrected chi connectivity index (χ3v) is 6.14. The summed E-state index contributed by atoms with van der Waals surface area (Å²) in [6.45, 7) is 2.32. The molecular formula is C20H21F3N4O4S2. The van der Waals surface area contributed by atoms with Crippen molar-refractivity contribution in [2.45, 2.75) is 42.5 Å². The monoisotopic (exact) mass is 502 g/mol. The highest BCUT2D eigenvalue weighted by atomic mass is 32.2. The number of sulfone groups is 1. The number of imidazole rings is 1. The molecule has 178 valence electrons. The molecule has 2 amide bonds. The van der Waals surface area contributed by atoms with Gasteiger partial charge in [0.05, 0.1) is 38.9 Å². The molecule has 0 radical (unpaired) electrons. The lowest BCUT2D eigenvalue weighted by molar-refractivity contribution is -0.140. The number of amides is 2. The Bertz CT molecular complexity index is 1270. The fourth-order valence-corrected chi connectivity index (χ4v) is 4.30. The number of hydrogen-bond acceptors (Lipinski definition) is 6. The summed E-state index contributed by atoms with van der Waals surface area (Å²) in [5.74, 6) is 0.267. The second-order valence-electron chi connectivity index (χ2n) is 7.37. The highest BCUT2D eigenvalue weighted by Gasteiger charge is 2.29. The first-order valence-electron chi connectivity index (χ1n) is 9.58. The van der Waals surface area contributed by atoms with Crippen LogP contribution in [0.3, 0.4) is 0 Å². The van der Waals surface area contributed by atoms with Gasteiger partial charge in [0.2, 0.25) is 0 Å². The van der Waals surface area contributed by atoms with Gasteiger partial charge in [-0.05, 0) is 56.1 Å². The minimum Gasteiger partial charge on any atom is -0.489 e. The molecule has 0 spiro atoms. The molecule has 0 unspecified atom stereocenters. The zero-order valence-electron chi connectivity index (χ0n) is 17.8. The number of hydrogen-bond donors (Lipinski definition) is 2. The number of aromatic nitrogens is 2. The normalized spacial score (nSPS) is 12.2. The van der Waals surface area contributed by atoms with Crippen molar-refractivity contribution >= 4 is 44.5 Å². The van der Waals surface area contributed by atoms with Crippen molar-refractivity contribution in [2.24, 2.45) is 0 Å². The maximum atomic E-state index is 12.9. The molecule has 13 heteroatoms. The smallest absolute Gasteiger partial charge is 0.406 e. The van der Waals surface area contributed by atoms with Crippen LogP contribution in [0.5, 0.6) is 5.75 Å². The molecule has 1 aromatic heterocycles. The minimum atomic E-state index is -4.44. The van der Waals surface area contributed by atoms with Crippen molar-refractivity contribution in [2.75, 3.05) is 11.6 Å². The van der Waals surface area contributed by atoms with Crippen LogP contribution >= 0.6 is 11.9 Å². The van der Waals surface area contributed by atoms with Crippen LogP contribution in [-0.2, 0) is 16.4 Å². The lowest BCUT2D eigenvalue weighted by atomic mass is 10.3. The molecule has 0 aliphatic heterocycles. The zero-order valence-corrected chi connectivity index (χ0v) is 19.4. The number of urea groups is 1. The van der Waals surface area contributed by atoms with Gasteiger partial charge in [-0.2, -0.15) is 13.2 Å². The third kappa shape index (κ3) is 6.54. The van der Waals surface area contributed by atoms with Crippen LogP contribution in [-0.4, -0.2) is 42.5 Å². The van der Waals surface area contributed by atoms with Crippen LogP contribution in [0.15, 0.2) is 52.5 Å². The zero-order chi connectivity index (χ0) is 24.4. The number of nitrogens with one attached hydrogen (secondary N) is 2. The van der Waals surface area contributed by atoms with Crippen LogP contribution in [0.4, 0.5) is 23.7 Å². The Hall–Kier alpha value is -2.93. The van der Waals surface area contributed by atoms with E-state index < -0.39 is 28.6 Å². The van der Waals surface area contributed by atoms with Gasteiger partial charge in [0, 0.05) is 6.26 Å². The molecule has 3 rings (SSSR count). The number of anilines is 1. The Labute approximate surface area is 192 Å². The number of halogens is 3. The summed E-state index contributed by atoms with van der Waals surface area (Å²) in [5, 5.41) is 2.53. The highest BCUT2D eigenvalue weighted by Crippen LogP contribution is 2.30. The van der Waals surface area contributed by atoms with Crippen molar-refractivity contribution in [3.8, 4) is 5.75 Å². The standard InChI is InChI=1S/C20H21F3N4O4S2/c1-12(2)31-16-8-7-13(33(3,29)30)9-15(16)25-19(28)26-32-17-6-4-5-14-18(17)27(11-24-14)10-20(21,22)23/h4-9,11-12H,10H2,1-3H3,(H2,25,26,28). The molecule has 3 aromatic rings. The predicted molar refractivity (Wildman–Crippen MR) is 119 cm³/mol. The molecule has 2 N–H and O–H groups in total. The Morgan fingerprint density at radius 2 is 1.97 bits per heavy atom. The number of carbonyl (C=O) groups is 1. The van der Waals surface area contributed by atoms with Gasteiger partial charge in [-0.15, -0.1) is 0 Å². The van der Waals surface area contributed by atoms with Gasteiger partial charge >= 0.3 is 12.2 Å². The van der Waals surface area contributed by atoms with E-state index in [-0.39, 0.29) is 28.0 Å². The lowest BCUT2D eigenvalue weighted by Gasteiger charge is -2.16. The fourth-order valence-electron chi connectivity index (χ4n) is 2.93. The van der Waals surface area contributed by atoms with Gasteiger partial charge in [-0.25, -0.2) is 18.2 Å². The maximum Gasteiger partial charge on any atom is 0.406 e. The van der Waals surface area contributed by atoms with Crippen LogP contribution in [0.2, 0.25) is 0 Å². The highest BCUT2D eigenvalue weighted by molar-refractivity contribution is 7.98. The molecule has 8 nitrogen and oxygen atoms in total. The Balaban J connectivity index is 1.81. The lowest BCUT2D eigenvalue weighted by Crippen LogP contribution is -2.24. The molecular weight excluding hydrogens is 481 g/mol. The summed E-state index contributed by atoms with van der Waals surface area (Å²) in [6, 6.07) is 8.09. The Morgan fingerprint density at radius 1 is 1.24 bits per heavy atom. The largest absolute Gasteiger partial charge is 0.489 e. The summed E-state index contributed by atoms with van der Waals surface area (Å²) in [6.07, 6.45) is -2.55. The number of benzene rings is 2. The number of para-hydroxylation sites is 1. The van der Waals surface area contributed by atoms with Crippen LogP contribution < -0.4 is 14.8 Å². The first-order valence-corrected chi connectivity index (χ1v) is 12.3. The summed E-state index contributed by atoms with van der Waals surface area (Å²) in [7, 11) is -3.53. The van der Waals surface area contributed by atoms with E-state index in [2.05, 4.69) is 15.0 Å². The van der Waals surface area contributed by atoms with E-state index in [0.717, 1.165) is 29.1 Å². The van der Waals surface area contributed by atoms with E-state index >= 15 is 0 Å². The minimum absolute atomic E-state index is 0.0117. The second-order valence-corrected chi connectivity index (χ2v) is 10.2. The average Bonchev–Trinajstić information content (AvgIpc) is 3.08.